The van der Waals surface area contributed by atoms with Crippen LogP contribution in [0, 0.1) is 0 Å². The molecule has 8 nitrogen and oxygen atoms in total. The molecule has 2 amide bonds. The molecule has 0 fully saturated rings. The molecule has 0 unspecified atom stereocenters. The Morgan fingerprint density at radius 1 is 1.24 bits per heavy atom. The summed E-state index contributed by atoms with van der Waals surface area (Å²) in [6.45, 7) is 5.48. The van der Waals surface area contributed by atoms with Crippen LogP contribution in [0.4, 0.5) is 0 Å². The summed E-state index contributed by atoms with van der Waals surface area (Å²) in [5.74, 6) is 0.439. The molecule has 1 aromatic heterocycles. The first-order chi connectivity index (χ1) is 11.7. The van der Waals surface area contributed by atoms with Gasteiger partial charge in [-0.1, -0.05) is 0 Å². The Kier molecular flexibility index (Phi) is 5.74. The van der Waals surface area contributed by atoms with Gasteiger partial charge in [-0.15, -0.1) is 10.2 Å². The SMILES string of the molecule is CN(CC(=O)NC(C)(C)C)C(=O)COc1ccc(-c2nnco2)cc1. The summed E-state index contributed by atoms with van der Waals surface area (Å²) in [5, 5.41) is 10.2. The van der Waals surface area contributed by atoms with E-state index >= 15 is 0 Å². The zero-order valence-corrected chi connectivity index (χ0v) is 14.8. The first-order valence-corrected chi connectivity index (χ1v) is 7.79. The molecule has 0 saturated heterocycles. The number of nitrogens with one attached hydrogen (secondary N) is 1. The van der Waals surface area contributed by atoms with E-state index < -0.39 is 0 Å². The van der Waals surface area contributed by atoms with Gasteiger partial charge in [-0.3, -0.25) is 9.59 Å². The van der Waals surface area contributed by atoms with E-state index in [-0.39, 0.29) is 30.5 Å². The normalized spacial score (nSPS) is 11.0. The maximum atomic E-state index is 12.1. The fourth-order valence-electron chi connectivity index (χ4n) is 2.01. The van der Waals surface area contributed by atoms with Gasteiger partial charge in [0.1, 0.15) is 5.75 Å². The monoisotopic (exact) mass is 346 g/mol. The first kappa shape index (κ1) is 18.4. The molecule has 0 aliphatic heterocycles. The van der Waals surface area contributed by atoms with Gasteiger partial charge >= 0.3 is 0 Å². The van der Waals surface area contributed by atoms with Crippen LogP contribution < -0.4 is 10.1 Å². The van der Waals surface area contributed by atoms with Crippen LogP contribution in [-0.2, 0) is 9.59 Å². The maximum Gasteiger partial charge on any atom is 0.260 e. The molecule has 25 heavy (non-hydrogen) atoms. The van der Waals surface area contributed by atoms with Gasteiger partial charge in [0.05, 0.1) is 6.54 Å². The topological polar surface area (TPSA) is 97.6 Å². The summed E-state index contributed by atoms with van der Waals surface area (Å²) in [5.41, 5.74) is 0.421. The molecule has 8 heteroatoms. The second-order valence-electron chi connectivity index (χ2n) is 6.60. The van der Waals surface area contributed by atoms with E-state index in [9.17, 15) is 9.59 Å². The van der Waals surface area contributed by atoms with E-state index in [0.29, 0.717) is 11.6 Å². The number of amides is 2. The first-order valence-electron chi connectivity index (χ1n) is 7.79. The molecule has 0 radical (unpaired) electrons. The molecule has 0 aliphatic rings. The molecular formula is C17H22N4O4. The second kappa shape index (κ2) is 7.78. The van der Waals surface area contributed by atoms with Gasteiger partial charge in [-0.25, -0.2) is 0 Å². The molecule has 134 valence electrons. The van der Waals surface area contributed by atoms with Gasteiger partial charge in [-0.05, 0) is 45.0 Å². The van der Waals surface area contributed by atoms with E-state index in [1.165, 1.54) is 11.3 Å². The standard InChI is InChI=1S/C17H22N4O4/c1-17(2,3)19-14(22)9-21(4)15(23)10-24-13-7-5-12(6-8-13)16-20-18-11-25-16/h5-8,11H,9-10H2,1-4H3,(H,19,22). The van der Waals surface area contributed by atoms with Crippen LogP contribution in [0.3, 0.4) is 0 Å². The fraction of sp³-hybridized carbons (Fsp3) is 0.412. The Balaban J connectivity index is 1.82. The lowest BCUT2D eigenvalue weighted by Gasteiger charge is -2.23. The minimum Gasteiger partial charge on any atom is -0.484 e. The van der Waals surface area contributed by atoms with Gasteiger partial charge in [-0.2, -0.15) is 0 Å². The van der Waals surface area contributed by atoms with E-state index in [2.05, 4.69) is 15.5 Å². The predicted octanol–water partition coefficient (Wildman–Crippen LogP) is 1.49. The number of carbonyl (C=O) groups excluding carboxylic acids is 2. The Morgan fingerprint density at radius 3 is 2.48 bits per heavy atom. The van der Waals surface area contributed by atoms with Crippen molar-refractivity contribution in [3.8, 4) is 17.2 Å². The van der Waals surface area contributed by atoms with Gasteiger partial charge in [0, 0.05) is 18.2 Å². The van der Waals surface area contributed by atoms with Crippen molar-refractivity contribution >= 4 is 11.8 Å². The van der Waals surface area contributed by atoms with Crippen molar-refractivity contribution in [2.75, 3.05) is 20.2 Å². The van der Waals surface area contributed by atoms with Crippen molar-refractivity contribution in [2.45, 2.75) is 26.3 Å². The average Bonchev–Trinajstić information content (AvgIpc) is 3.05. The molecule has 0 spiro atoms. The van der Waals surface area contributed by atoms with Crippen molar-refractivity contribution in [3.05, 3.63) is 30.7 Å². The lowest BCUT2D eigenvalue weighted by molar-refractivity contribution is -0.136. The predicted molar refractivity (Wildman–Crippen MR) is 90.8 cm³/mol. The third-order valence-corrected chi connectivity index (χ3v) is 3.14. The average molecular weight is 346 g/mol. The van der Waals surface area contributed by atoms with Crippen LogP contribution >= 0.6 is 0 Å². The van der Waals surface area contributed by atoms with Gasteiger partial charge in [0.2, 0.25) is 18.2 Å². The number of aromatic nitrogens is 2. The highest BCUT2D eigenvalue weighted by Crippen LogP contribution is 2.20. The van der Waals surface area contributed by atoms with Crippen molar-refractivity contribution in [1.29, 1.82) is 0 Å². The number of likely N-dealkylation sites (N-methyl/N-ethyl adjacent to an activating group) is 1. The van der Waals surface area contributed by atoms with E-state index in [1.54, 1.807) is 31.3 Å². The Bertz CT molecular complexity index is 705. The summed E-state index contributed by atoms with van der Waals surface area (Å²) >= 11 is 0. The highest BCUT2D eigenvalue weighted by atomic mass is 16.5. The van der Waals surface area contributed by atoms with E-state index in [1.807, 2.05) is 20.8 Å². The molecule has 1 aromatic carbocycles. The highest BCUT2D eigenvalue weighted by molar-refractivity contribution is 5.85. The largest absolute Gasteiger partial charge is 0.484 e. The smallest absolute Gasteiger partial charge is 0.260 e. The summed E-state index contributed by atoms with van der Waals surface area (Å²) in [6, 6.07) is 6.93. The lowest BCUT2D eigenvalue weighted by Crippen LogP contribution is -2.47. The van der Waals surface area contributed by atoms with Gasteiger partial charge in [0.25, 0.3) is 5.91 Å². The van der Waals surface area contributed by atoms with Crippen LogP contribution in [-0.4, -0.2) is 52.6 Å². The Labute approximate surface area is 146 Å². The minimum absolute atomic E-state index is 0.0183. The minimum atomic E-state index is -0.336. The lowest BCUT2D eigenvalue weighted by atomic mass is 10.1. The third-order valence-electron chi connectivity index (χ3n) is 3.14. The number of rotatable bonds is 6. The molecule has 2 rings (SSSR count). The van der Waals surface area contributed by atoms with Crippen molar-refractivity contribution < 1.29 is 18.7 Å². The summed E-state index contributed by atoms with van der Waals surface area (Å²) in [7, 11) is 1.56. The summed E-state index contributed by atoms with van der Waals surface area (Å²) in [4.78, 5) is 25.2. The van der Waals surface area contributed by atoms with E-state index in [4.69, 9.17) is 9.15 Å². The quantitative estimate of drug-likeness (QED) is 0.851. The van der Waals surface area contributed by atoms with Crippen molar-refractivity contribution in [3.63, 3.8) is 0 Å². The van der Waals surface area contributed by atoms with Crippen LogP contribution in [0.25, 0.3) is 11.5 Å². The number of hydrogen-bond donors (Lipinski definition) is 1. The van der Waals surface area contributed by atoms with Crippen molar-refractivity contribution in [1.82, 2.24) is 20.4 Å². The summed E-state index contributed by atoms with van der Waals surface area (Å²) < 4.78 is 10.6. The molecule has 1 heterocycles. The molecule has 0 atom stereocenters. The number of ether oxygens (including phenoxy) is 1. The van der Waals surface area contributed by atoms with E-state index in [0.717, 1.165) is 5.56 Å². The highest BCUT2D eigenvalue weighted by Gasteiger charge is 2.18. The molecule has 2 aromatic rings. The Morgan fingerprint density at radius 2 is 1.92 bits per heavy atom. The van der Waals surface area contributed by atoms with Crippen LogP contribution in [0.5, 0.6) is 5.75 Å². The molecule has 0 saturated carbocycles. The zero-order chi connectivity index (χ0) is 18.4. The van der Waals surface area contributed by atoms with Crippen LogP contribution in [0.15, 0.2) is 35.1 Å². The fourth-order valence-corrected chi connectivity index (χ4v) is 2.01. The number of nitrogens with zero attached hydrogens (tertiary/aromatic N) is 3. The number of carbonyl (C=O) groups is 2. The number of hydrogen-bond acceptors (Lipinski definition) is 6. The second-order valence-corrected chi connectivity index (χ2v) is 6.60. The molecule has 0 bridgehead atoms. The van der Waals surface area contributed by atoms with Crippen molar-refractivity contribution in [2.24, 2.45) is 0 Å². The Hall–Kier alpha value is -2.90. The zero-order valence-electron chi connectivity index (χ0n) is 14.8. The molecule has 0 aliphatic carbocycles. The van der Waals surface area contributed by atoms with Gasteiger partial charge in [0.15, 0.2) is 6.61 Å². The number of benzene rings is 1. The van der Waals surface area contributed by atoms with Gasteiger partial charge < -0.3 is 19.4 Å². The molecular weight excluding hydrogens is 324 g/mol. The summed E-state index contributed by atoms with van der Waals surface area (Å²) in [6.07, 6.45) is 1.25. The van der Waals surface area contributed by atoms with Crippen LogP contribution in [0.1, 0.15) is 20.8 Å². The third kappa shape index (κ3) is 5.91. The maximum absolute atomic E-state index is 12.1. The van der Waals surface area contributed by atoms with Crippen LogP contribution in [0.2, 0.25) is 0 Å². The molecule has 1 N–H and O–H groups in total.